The van der Waals surface area contributed by atoms with Crippen molar-refractivity contribution in [3.05, 3.63) is 17.0 Å². The summed E-state index contributed by atoms with van der Waals surface area (Å²) < 4.78 is 5.16. The van der Waals surface area contributed by atoms with Crippen LogP contribution in [0.2, 0.25) is 0 Å². The van der Waals surface area contributed by atoms with Crippen molar-refractivity contribution in [3.63, 3.8) is 0 Å². The van der Waals surface area contributed by atoms with Crippen LogP contribution in [0.3, 0.4) is 0 Å². The molecular formula is C14H24N4O. The van der Waals surface area contributed by atoms with Crippen molar-refractivity contribution in [1.82, 2.24) is 15.8 Å². The highest BCUT2D eigenvalue weighted by Crippen LogP contribution is 2.24. The fraction of sp³-hybridized carbons (Fsp3) is 0.714. The molecule has 1 aromatic heterocycles. The summed E-state index contributed by atoms with van der Waals surface area (Å²) in [6.07, 6.45) is 4.99. The van der Waals surface area contributed by atoms with Crippen LogP contribution in [0.5, 0.6) is 0 Å². The van der Waals surface area contributed by atoms with E-state index in [1.807, 2.05) is 20.9 Å². The van der Waals surface area contributed by atoms with E-state index < -0.39 is 0 Å². The molecule has 2 N–H and O–H groups in total. The third kappa shape index (κ3) is 3.72. The van der Waals surface area contributed by atoms with Gasteiger partial charge >= 0.3 is 0 Å². The maximum Gasteiger partial charge on any atom is 0.190 e. The number of hydrogen-bond acceptors (Lipinski definition) is 3. The second kappa shape index (κ2) is 6.59. The van der Waals surface area contributed by atoms with Crippen molar-refractivity contribution < 1.29 is 4.52 Å². The van der Waals surface area contributed by atoms with Gasteiger partial charge in [-0.05, 0) is 39.0 Å². The van der Waals surface area contributed by atoms with Crippen molar-refractivity contribution in [1.29, 1.82) is 0 Å². The molecule has 0 radical (unpaired) electrons. The van der Waals surface area contributed by atoms with Gasteiger partial charge in [0.15, 0.2) is 5.96 Å². The highest BCUT2D eigenvalue weighted by Gasteiger charge is 2.17. The van der Waals surface area contributed by atoms with E-state index in [2.05, 4.69) is 20.8 Å². The summed E-state index contributed by atoms with van der Waals surface area (Å²) in [6, 6.07) is 0. The van der Waals surface area contributed by atoms with Crippen molar-refractivity contribution in [3.8, 4) is 0 Å². The predicted octanol–water partition coefficient (Wildman–Crippen LogP) is 1.80. The lowest BCUT2D eigenvalue weighted by Crippen LogP contribution is -2.41. The van der Waals surface area contributed by atoms with Crippen LogP contribution in [0, 0.1) is 19.8 Å². The molecule has 0 saturated heterocycles. The topological polar surface area (TPSA) is 62.5 Å². The second-order valence-electron chi connectivity index (χ2n) is 5.23. The third-order valence-corrected chi connectivity index (χ3v) is 3.86. The Bertz CT molecular complexity index is 415. The second-order valence-corrected chi connectivity index (χ2v) is 5.23. The Labute approximate surface area is 114 Å². The Morgan fingerprint density at radius 1 is 1.37 bits per heavy atom. The summed E-state index contributed by atoms with van der Waals surface area (Å²) in [5.41, 5.74) is 2.18. The zero-order valence-corrected chi connectivity index (χ0v) is 12.1. The highest BCUT2D eigenvalue weighted by molar-refractivity contribution is 5.79. The molecule has 19 heavy (non-hydrogen) atoms. The molecule has 0 atom stereocenters. The number of rotatable bonds is 5. The molecule has 5 nitrogen and oxygen atoms in total. The highest BCUT2D eigenvalue weighted by atomic mass is 16.5. The first kappa shape index (κ1) is 13.9. The molecular weight excluding hydrogens is 240 g/mol. The zero-order valence-electron chi connectivity index (χ0n) is 12.1. The normalized spacial score (nSPS) is 16.3. The predicted molar refractivity (Wildman–Crippen MR) is 76.4 cm³/mol. The number of nitrogens with zero attached hydrogens (tertiary/aromatic N) is 2. The lowest BCUT2D eigenvalue weighted by molar-refractivity contribution is 0.314. The van der Waals surface area contributed by atoms with Crippen molar-refractivity contribution in [2.75, 3.05) is 20.1 Å². The summed E-state index contributed by atoms with van der Waals surface area (Å²) in [5.74, 6) is 2.64. The number of guanidine groups is 1. The number of nitrogens with one attached hydrogen (secondary N) is 2. The molecule has 1 heterocycles. The van der Waals surface area contributed by atoms with Gasteiger partial charge in [0.1, 0.15) is 5.76 Å². The third-order valence-electron chi connectivity index (χ3n) is 3.86. The Morgan fingerprint density at radius 3 is 2.68 bits per heavy atom. The van der Waals surface area contributed by atoms with Gasteiger partial charge in [-0.2, -0.15) is 0 Å². The molecule has 2 rings (SSSR count). The van der Waals surface area contributed by atoms with Crippen LogP contribution in [0.4, 0.5) is 0 Å². The summed E-state index contributed by atoms with van der Waals surface area (Å²) in [5, 5.41) is 10.7. The monoisotopic (exact) mass is 264 g/mol. The van der Waals surface area contributed by atoms with E-state index in [0.29, 0.717) is 0 Å². The molecule has 1 aliphatic rings. The Balaban J connectivity index is 1.71. The maximum atomic E-state index is 5.16. The van der Waals surface area contributed by atoms with Gasteiger partial charge in [-0.1, -0.05) is 11.6 Å². The number of hydrogen-bond donors (Lipinski definition) is 2. The molecule has 1 fully saturated rings. The SMILES string of the molecule is CN=C(NCCc1c(C)noc1C)NCC1CCC1. The first-order valence-corrected chi connectivity index (χ1v) is 7.07. The molecule has 0 spiro atoms. The smallest absolute Gasteiger partial charge is 0.190 e. The quantitative estimate of drug-likeness (QED) is 0.629. The van der Waals surface area contributed by atoms with E-state index in [9.17, 15) is 0 Å². The molecule has 1 aromatic rings. The Kier molecular flexibility index (Phi) is 4.82. The maximum absolute atomic E-state index is 5.16. The lowest BCUT2D eigenvalue weighted by atomic mass is 9.85. The number of aryl methyl sites for hydroxylation is 2. The van der Waals surface area contributed by atoms with Crippen molar-refractivity contribution >= 4 is 5.96 Å². The van der Waals surface area contributed by atoms with Gasteiger partial charge in [0.05, 0.1) is 5.69 Å². The lowest BCUT2D eigenvalue weighted by Gasteiger charge is -2.26. The van der Waals surface area contributed by atoms with E-state index in [1.165, 1.54) is 24.8 Å². The molecule has 1 aliphatic carbocycles. The minimum Gasteiger partial charge on any atom is -0.361 e. The molecule has 1 saturated carbocycles. The molecule has 0 amide bonds. The molecule has 0 bridgehead atoms. The van der Waals surface area contributed by atoms with Crippen molar-refractivity contribution in [2.45, 2.75) is 39.5 Å². The van der Waals surface area contributed by atoms with Crippen molar-refractivity contribution in [2.24, 2.45) is 10.9 Å². The van der Waals surface area contributed by atoms with Crippen LogP contribution in [-0.2, 0) is 6.42 Å². The first-order valence-electron chi connectivity index (χ1n) is 7.07. The van der Waals surface area contributed by atoms with Crippen LogP contribution in [0.1, 0.15) is 36.3 Å². The molecule has 0 aromatic carbocycles. The minimum atomic E-state index is 0.834. The summed E-state index contributed by atoms with van der Waals surface area (Å²) >= 11 is 0. The van der Waals surface area contributed by atoms with Crippen LogP contribution in [0.25, 0.3) is 0 Å². The van der Waals surface area contributed by atoms with Gasteiger partial charge in [-0.15, -0.1) is 0 Å². The fourth-order valence-electron chi connectivity index (χ4n) is 2.32. The van der Waals surface area contributed by atoms with E-state index in [1.54, 1.807) is 0 Å². The molecule has 5 heteroatoms. The van der Waals surface area contributed by atoms with Gasteiger partial charge in [0.25, 0.3) is 0 Å². The Morgan fingerprint density at radius 2 is 2.16 bits per heavy atom. The van der Waals surface area contributed by atoms with Gasteiger partial charge in [0, 0.05) is 25.7 Å². The molecule has 0 unspecified atom stereocenters. The van der Waals surface area contributed by atoms with Crippen LogP contribution >= 0.6 is 0 Å². The van der Waals surface area contributed by atoms with Crippen LogP contribution in [-0.4, -0.2) is 31.3 Å². The average molecular weight is 264 g/mol. The van der Waals surface area contributed by atoms with Gasteiger partial charge in [-0.25, -0.2) is 0 Å². The van der Waals surface area contributed by atoms with Gasteiger partial charge < -0.3 is 15.2 Å². The standard InChI is InChI=1S/C14H24N4O/c1-10-13(11(2)19-18-10)7-8-16-14(15-3)17-9-12-5-4-6-12/h12H,4-9H2,1-3H3,(H2,15,16,17). The summed E-state index contributed by atoms with van der Waals surface area (Å²) in [7, 11) is 1.81. The summed E-state index contributed by atoms with van der Waals surface area (Å²) in [4.78, 5) is 4.24. The van der Waals surface area contributed by atoms with E-state index in [0.717, 1.165) is 42.8 Å². The molecule has 106 valence electrons. The van der Waals surface area contributed by atoms with Gasteiger partial charge in [0.2, 0.25) is 0 Å². The van der Waals surface area contributed by atoms with Crippen LogP contribution < -0.4 is 10.6 Å². The number of aliphatic imine (C=N–C) groups is 1. The zero-order chi connectivity index (χ0) is 13.7. The largest absolute Gasteiger partial charge is 0.361 e. The fourth-order valence-corrected chi connectivity index (χ4v) is 2.32. The van der Waals surface area contributed by atoms with Crippen LogP contribution in [0.15, 0.2) is 9.52 Å². The van der Waals surface area contributed by atoms with E-state index in [4.69, 9.17) is 4.52 Å². The van der Waals surface area contributed by atoms with E-state index in [-0.39, 0.29) is 0 Å². The van der Waals surface area contributed by atoms with Gasteiger partial charge in [-0.3, -0.25) is 4.99 Å². The minimum absolute atomic E-state index is 0.834. The van der Waals surface area contributed by atoms with E-state index >= 15 is 0 Å². The molecule has 0 aliphatic heterocycles. The Hall–Kier alpha value is -1.52. The first-order chi connectivity index (χ1) is 9.20. The number of aromatic nitrogens is 1. The average Bonchev–Trinajstić information content (AvgIpc) is 2.66. The summed E-state index contributed by atoms with van der Waals surface area (Å²) in [6.45, 7) is 5.81.